The minimum atomic E-state index is -0.896. The van der Waals surface area contributed by atoms with E-state index in [1.54, 1.807) is 24.3 Å². The minimum Gasteiger partial charge on any atom is -0.206 e. The van der Waals surface area contributed by atoms with E-state index in [-0.39, 0.29) is 11.4 Å². The Kier molecular flexibility index (Phi) is 4.00. The van der Waals surface area contributed by atoms with Crippen LogP contribution >= 0.6 is 0 Å². The van der Waals surface area contributed by atoms with Crippen molar-refractivity contribution in [1.82, 2.24) is 0 Å². The highest BCUT2D eigenvalue weighted by molar-refractivity contribution is 5.90. The van der Waals surface area contributed by atoms with E-state index >= 15 is 0 Å². The minimum absolute atomic E-state index is 0.256. The van der Waals surface area contributed by atoms with Gasteiger partial charge in [0.1, 0.15) is 5.82 Å². The zero-order valence-corrected chi connectivity index (χ0v) is 14.1. The van der Waals surface area contributed by atoms with E-state index in [1.807, 2.05) is 36.4 Å². The van der Waals surface area contributed by atoms with E-state index in [1.165, 1.54) is 13.0 Å². The molecular weight excluding hydrogens is 333 g/mol. The van der Waals surface area contributed by atoms with Gasteiger partial charge >= 0.3 is 0 Å². The van der Waals surface area contributed by atoms with Crippen molar-refractivity contribution in [2.24, 2.45) is 0 Å². The van der Waals surface area contributed by atoms with Crippen LogP contribution in [0.5, 0.6) is 0 Å². The molecule has 0 atom stereocenters. The van der Waals surface area contributed by atoms with Gasteiger partial charge in [0, 0.05) is 5.56 Å². The normalized spacial score (nSPS) is 11.1. The summed E-state index contributed by atoms with van der Waals surface area (Å²) in [6.45, 7) is 1.54. The summed E-state index contributed by atoms with van der Waals surface area (Å²) in [5.74, 6) is -2.10. The molecule has 4 rings (SSSR count). The fourth-order valence-electron chi connectivity index (χ4n) is 3.25. The molecule has 0 nitrogen and oxygen atoms in total. The van der Waals surface area contributed by atoms with Crippen molar-refractivity contribution >= 4 is 10.8 Å². The van der Waals surface area contributed by atoms with E-state index in [4.69, 9.17) is 0 Å². The lowest BCUT2D eigenvalue weighted by Gasteiger charge is -2.10. The Morgan fingerprint density at radius 3 is 2.08 bits per heavy atom. The van der Waals surface area contributed by atoms with Crippen LogP contribution in [0.1, 0.15) is 5.56 Å². The number of benzene rings is 4. The fraction of sp³-hybridized carbons (Fsp3) is 0.0435. The molecule has 26 heavy (non-hydrogen) atoms. The summed E-state index contributed by atoms with van der Waals surface area (Å²) >= 11 is 0. The third-order valence-electron chi connectivity index (χ3n) is 4.66. The van der Waals surface area contributed by atoms with Crippen LogP contribution in [-0.2, 0) is 0 Å². The van der Waals surface area contributed by atoms with Gasteiger partial charge in [-0.25, -0.2) is 13.2 Å². The number of hydrogen-bond donors (Lipinski definition) is 0. The molecule has 0 radical (unpaired) electrons. The maximum atomic E-state index is 14.7. The molecule has 0 aliphatic rings. The van der Waals surface area contributed by atoms with E-state index in [9.17, 15) is 13.2 Å². The van der Waals surface area contributed by atoms with Gasteiger partial charge in [-0.3, -0.25) is 0 Å². The van der Waals surface area contributed by atoms with Crippen molar-refractivity contribution in [2.45, 2.75) is 6.92 Å². The second-order valence-electron chi connectivity index (χ2n) is 6.29. The van der Waals surface area contributed by atoms with Gasteiger partial charge in [-0.1, -0.05) is 54.6 Å². The Hall–Kier alpha value is -3.07. The van der Waals surface area contributed by atoms with E-state index < -0.39 is 11.6 Å². The molecule has 128 valence electrons. The Morgan fingerprint density at radius 2 is 1.35 bits per heavy atom. The quantitative estimate of drug-likeness (QED) is 0.370. The standard InChI is InChI=1S/C23H15F3/c1-14-19-9-8-17(11-18(19)13-22(25)23(14)26)20-10-7-16(12-21(20)24)15-5-3-2-4-6-15/h2-13H,1H3. The average Bonchev–Trinajstić information content (AvgIpc) is 2.66. The van der Waals surface area contributed by atoms with E-state index in [0.29, 0.717) is 21.9 Å². The first-order valence-corrected chi connectivity index (χ1v) is 8.28. The van der Waals surface area contributed by atoms with Crippen molar-refractivity contribution in [3.63, 3.8) is 0 Å². The second-order valence-corrected chi connectivity index (χ2v) is 6.29. The monoisotopic (exact) mass is 348 g/mol. The van der Waals surface area contributed by atoms with Gasteiger partial charge in [-0.05, 0) is 58.1 Å². The molecule has 0 spiro atoms. The first kappa shape index (κ1) is 16.4. The number of aryl methyl sites for hydroxylation is 1. The molecule has 0 aliphatic carbocycles. The Morgan fingerprint density at radius 1 is 0.615 bits per heavy atom. The summed E-state index contributed by atoms with van der Waals surface area (Å²) in [5, 5.41) is 1.17. The molecule has 4 aromatic carbocycles. The third-order valence-corrected chi connectivity index (χ3v) is 4.66. The number of halogens is 3. The average molecular weight is 348 g/mol. The molecule has 4 aromatic rings. The Bertz CT molecular complexity index is 1120. The van der Waals surface area contributed by atoms with Crippen molar-refractivity contribution < 1.29 is 13.2 Å². The highest BCUT2D eigenvalue weighted by Crippen LogP contribution is 2.32. The molecule has 0 aliphatic heterocycles. The van der Waals surface area contributed by atoms with Crippen molar-refractivity contribution in [1.29, 1.82) is 0 Å². The Labute approximate surface area is 149 Å². The number of rotatable bonds is 2. The van der Waals surface area contributed by atoms with Crippen molar-refractivity contribution in [2.75, 3.05) is 0 Å². The molecule has 0 heterocycles. The molecule has 0 saturated carbocycles. The summed E-state index contributed by atoms with van der Waals surface area (Å²) in [5.41, 5.74) is 3.03. The first-order valence-electron chi connectivity index (χ1n) is 8.28. The summed E-state index contributed by atoms with van der Waals surface area (Å²) in [6.07, 6.45) is 0. The molecular formula is C23H15F3. The lowest BCUT2D eigenvalue weighted by molar-refractivity contribution is 0.506. The van der Waals surface area contributed by atoms with Gasteiger partial charge in [0.15, 0.2) is 11.6 Å². The van der Waals surface area contributed by atoms with Crippen LogP contribution in [0.15, 0.2) is 72.8 Å². The van der Waals surface area contributed by atoms with Gasteiger partial charge in [0.05, 0.1) is 0 Å². The zero-order chi connectivity index (χ0) is 18.3. The lowest BCUT2D eigenvalue weighted by atomic mass is 9.96. The van der Waals surface area contributed by atoms with Gasteiger partial charge in [-0.2, -0.15) is 0 Å². The van der Waals surface area contributed by atoms with Crippen LogP contribution in [0.2, 0.25) is 0 Å². The molecule has 0 amide bonds. The third kappa shape index (κ3) is 2.76. The van der Waals surface area contributed by atoms with Crippen LogP contribution in [-0.4, -0.2) is 0 Å². The van der Waals surface area contributed by atoms with Gasteiger partial charge in [-0.15, -0.1) is 0 Å². The van der Waals surface area contributed by atoms with Crippen LogP contribution < -0.4 is 0 Å². The Balaban J connectivity index is 1.81. The topological polar surface area (TPSA) is 0 Å². The smallest absolute Gasteiger partial charge is 0.162 e. The van der Waals surface area contributed by atoms with Crippen molar-refractivity contribution in [3.8, 4) is 22.3 Å². The van der Waals surface area contributed by atoms with Crippen LogP contribution in [0.3, 0.4) is 0 Å². The summed E-state index contributed by atoms with van der Waals surface area (Å²) < 4.78 is 42.1. The highest BCUT2D eigenvalue weighted by Gasteiger charge is 2.12. The molecule has 0 aromatic heterocycles. The SMILES string of the molecule is Cc1c(F)c(F)cc2cc(-c3ccc(-c4ccccc4)cc3F)ccc12. The predicted molar refractivity (Wildman–Crippen MR) is 99.4 cm³/mol. The van der Waals surface area contributed by atoms with E-state index in [0.717, 1.165) is 17.2 Å². The molecule has 0 fully saturated rings. The van der Waals surface area contributed by atoms with Gasteiger partial charge in [0.2, 0.25) is 0 Å². The first-order chi connectivity index (χ1) is 12.5. The maximum absolute atomic E-state index is 14.7. The lowest BCUT2D eigenvalue weighted by Crippen LogP contribution is -1.92. The summed E-state index contributed by atoms with van der Waals surface area (Å²) in [7, 11) is 0. The largest absolute Gasteiger partial charge is 0.206 e. The molecule has 0 N–H and O–H groups in total. The van der Waals surface area contributed by atoms with E-state index in [2.05, 4.69) is 0 Å². The summed E-state index contributed by atoms with van der Waals surface area (Å²) in [4.78, 5) is 0. The highest BCUT2D eigenvalue weighted by atomic mass is 19.2. The summed E-state index contributed by atoms with van der Waals surface area (Å²) in [6, 6.07) is 20.9. The van der Waals surface area contributed by atoms with Crippen LogP contribution in [0.25, 0.3) is 33.0 Å². The second kappa shape index (κ2) is 6.34. The van der Waals surface area contributed by atoms with Crippen molar-refractivity contribution in [3.05, 3.63) is 95.8 Å². The van der Waals surface area contributed by atoms with Crippen LogP contribution in [0.4, 0.5) is 13.2 Å². The number of hydrogen-bond acceptors (Lipinski definition) is 0. The van der Waals surface area contributed by atoms with Gasteiger partial charge < -0.3 is 0 Å². The molecule has 0 unspecified atom stereocenters. The molecule has 3 heteroatoms. The number of fused-ring (bicyclic) bond motifs is 1. The zero-order valence-electron chi connectivity index (χ0n) is 14.1. The maximum Gasteiger partial charge on any atom is 0.162 e. The molecule has 0 saturated heterocycles. The fourth-order valence-corrected chi connectivity index (χ4v) is 3.25. The van der Waals surface area contributed by atoms with Gasteiger partial charge in [0.25, 0.3) is 0 Å². The van der Waals surface area contributed by atoms with Crippen LogP contribution in [0, 0.1) is 24.4 Å². The molecule has 0 bridgehead atoms. The predicted octanol–water partition coefficient (Wildman–Crippen LogP) is 6.90.